The molecule has 0 radical (unpaired) electrons. The van der Waals surface area contributed by atoms with E-state index in [1.165, 1.54) is 0 Å². The Balaban J connectivity index is 1.89. The molecule has 140 valence electrons. The number of hydrogen-bond donors (Lipinski definition) is 1. The average Bonchev–Trinajstić information content (AvgIpc) is 2.68. The third-order valence-electron chi connectivity index (χ3n) is 4.16. The van der Waals surface area contributed by atoms with Crippen LogP contribution in [0.5, 0.6) is 0 Å². The molecule has 0 aliphatic rings. The van der Waals surface area contributed by atoms with Crippen LogP contribution in [0.3, 0.4) is 0 Å². The molecule has 27 heavy (non-hydrogen) atoms. The first-order valence-corrected chi connectivity index (χ1v) is 9.89. The minimum Gasteiger partial charge on any atom is -0.481 e. The number of rotatable bonds is 11. The van der Waals surface area contributed by atoms with Gasteiger partial charge in [-0.05, 0) is 36.3 Å². The van der Waals surface area contributed by atoms with E-state index in [1.807, 2.05) is 54.6 Å². The fourth-order valence-corrected chi connectivity index (χ4v) is 3.60. The van der Waals surface area contributed by atoms with Crippen molar-refractivity contribution in [1.29, 1.82) is 0 Å². The fraction of sp³-hybridized carbons (Fsp3) is 0.217. The number of carboxylic acid groups (broad SMARTS) is 1. The van der Waals surface area contributed by atoms with Crippen LogP contribution < -0.4 is 0 Å². The SMILES string of the molecule is C=CC=CCc1ccc(C(=O)CC(CCSc2ccccc2)C(=O)O)cc1. The van der Waals surface area contributed by atoms with Gasteiger partial charge >= 0.3 is 5.97 Å². The Labute approximate surface area is 164 Å². The highest BCUT2D eigenvalue weighted by molar-refractivity contribution is 7.99. The van der Waals surface area contributed by atoms with Gasteiger partial charge in [0.25, 0.3) is 0 Å². The highest BCUT2D eigenvalue weighted by Crippen LogP contribution is 2.22. The Kier molecular flexibility index (Phi) is 8.59. The summed E-state index contributed by atoms with van der Waals surface area (Å²) in [7, 11) is 0. The molecule has 1 unspecified atom stereocenters. The van der Waals surface area contributed by atoms with Crippen LogP contribution in [0, 0.1) is 5.92 Å². The van der Waals surface area contributed by atoms with Gasteiger partial charge < -0.3 is 5.11 Å². The van der Waals surface area contributed by atoms with Crippen molar-refractivity contribution in [3.8, 4) is 0 Å². The molecule has 3 nitrogen and oxygen atoms in total. The molecule has 4 heteroatoms. The Morgan fingerprint density at radius 2 is 1.78 bits per heavy atom. The molecule has 0 fully saturated rings. The van der Waals surface area contributed by atoms with E-state index in [2.05, 4.69) is 6.58 Å². The van der Waals surface area contributed by atoms with Crippen molar-refractivity contribution < 1.29 is 14.7 Å². The van der Waals surface area contributed by atoms with Gasteiger partial charge in [-0.3, -0.25) is 9.59 Å². The minimum absolute atomic E-state index is 0.0282. The second-order valence-corrected chi connectivity index (χ2v) is 7.35. The smallest absolute Gasteiger partial charge is 0.306 e. The molecular formula is C23H24O3S. The maximum absolute atomic E-state index is 12.5. The number of benzene rings is 2. The molecular weight excluding hydrogens is 356 g/mol. The van der Waals surface area contributed by atoms with Gasteiger partial charge in [-0.15, -0.1) is 11.8 Å². The first kappa shape index (κ1) is 20.7. The predicted molar refractivity (Wildman–Crippen MR) is 111 cm³/mol. The van der Waals surface area contributed by atoms with Crippen LogP contribution in [-0.2, 0) is 11.2 Å². The molecule has 0 aliphatic heterocycles. The van der Waals surface area contributed by atoms with Crippen LogP contribution in [0.4, 0.5) is 0 Å². The fourth-order valence-electron chi connectivity index (χ4n) is 2.62. The van der Waals surface area contributed by atoms with Crippen LogP contribution in [0.2, 0.25) is 0 Å². The molecule has 0 saturated heterocycles. The number of allylic oxidation sites excluding steroid dienone is 3. The van der Waals surface area contributed by atoms with Crippen molar-refractivity contribution in [2.24, 2.45) is 5.92 Å². The largest absolute Gasteiger partial charge is 0.481 e. The molecule has 1 atom stereocenters. The highest BCUT2D eigenvalue weighted by atomic mass is 32.2. The average molecular weight is 381 g/mol. The van der Waals surface area contributed by atoms with E-state index in [9.17, 15) is 14.7 Å². The molecule has 0 heterocycles. The van der Waals surface area contributed by atoms with Gasteiger partial charge in [-0.2, -0.15) is 0 Å². The Bertz CT molecular complexity index is 779. The van der Waals surface area contributed by atoms with Gasteiger partial charge in [0.2, 0.25) is 0 Å². The highest BCUT2D eigenvalue weighted by Gasteiger charge is 2.21. The summed E-state index contributed by atoms with van der Waals surface area (Å²) in [6.07, 6.45) is 6.86. The molecule has 0 amide bonds. The molecule has 2 aromatic carbocycles. The van der Waals surface area contributed by atoms with Crippen LogP contribution in [0.15, 0.2) is 84.3 Å². The van der Waals surface area contributed by atoms with Crippen molar-refractivity contribution in [2.45, 2.75) is 24.2 Å². The zero-order valence-corrected chi connectivity index (χ0v) is 16.0. The van der Waals surface area contributed by atoms with Gasteiger partial charge in [-0.25, -0.2) is 0 Å². The molecule has 0 saturated carbocycles. The zero-order valence-electron chi connectivity index (χ0n) is 15.2. The topological polar surface area (TPSA) is 54.4 Å². The maximum atomic E-state index is 12.5. The van der Waals surface area contributed by atoms with E-state index in [0.29, 0.717) is 17.7 Å². The lowest BCUT2D eigenvalue weighted by Crippen LogP contribution is -2.19. The van der Waals surface area contributed by atoms with E-state index in [-0.39, 0.29) is 12.2 Å². The van der Waals surface area contributed by atoms with Crippen molar-refractivity contribution in [1.82, 2.24) is 0 Å². The van der Waals surface area contributed by atoms with Gasteiger partial charge in [0.1, 0.15) is 0 Å². The summed E-state index contributed by atoms with van der Waals surface area (Å²) in [5, 5.41) is 9.45. The molecule has 1 N–H and O–H groups in total. The van der Waals surface area contributed by atoms with Crippen LogP contribution >= 0.6 is 11.8 Å². The van der Waals surface area contributed by atoms with Gasteiger partial charge in [0.15, 0.2) is 5.78 Å². The van der Waals surface area contributed by atoms with Crippen LogP contribution in [0.25, 0.3) is 0 Å². The van der Waals surface area contributed by atoms with E-state index < -0.39 is 11.9 Å². The van der Waals surface area contributed by atoms with Crippen molar-refractivity contribution >= 4 is 23.5 Å². The van der Waals surface area contributed by atoms with Gasteiger partial charge in [-0.1, -0.05) is 67.3 Å². The van der Waals surface area contributed by atoms with Crippen molar-refractivity contribution in [2.75, 3.05) is 5.75 Å². The molecule has 2 aromatic rings. The summed E-state index contributed by atoms with van der Waals surface area (Å²) >= 11 is 1.61. The van der Waals surface area contributed by atoms with E-state index >= 15 is 0 Å². The number of Topliss-reactive ketones (excluding diaryl/α,β-unsaturated/α-hetero) is 1. The number of aliphatic carboxylic acids is 1. The number of carbonyl (C=O) groups excluding carboxylic acids is 1. The lowest BCUT2D eigenvalue weighted by Gasteiger charge is -2.11. The summed E-state index contributed by atoms with van der Waals surface area (Å²) < 4.78 is 0. The van der Waals surface area contributed by atoms with Crippen LogP contribution in [-0.4, -0.2) is 22.6 Å². The Morgan fingerprint density at radius 1 is 1.07 bits per heavy atom. The summed E-state index contributed by atoms with van der Waals surface area (Å²) in [5.74, 6) is -1.03. The summed E-state index contributed by atoms with van der Waals surface area (Å²) in [5.41, 5.74) is 1.66. The second kappa shape index (κ2) is 11.2. The van der Waals surface area contributed by atoms with E-state index in [0.717, 1.165) is 16.9 Å². The standard InChI is InChI=1S/C23H24O3S/c1-2-3-5-8-18-11-13-19(14-12-18)22(24)17-20(23(25)26)15-16-27-21-9-6-4-7-10-21/h2-7,9-14,20H,1,8,15-17H2,(H,25,26). The van der Waals surface area contributed by atoms with Crippen LogP contribution in [0.1, 0.15) is 28.8 Å². The maximum Gasteiger partial charge on any atom is 0.306 e. The Hall–Kier alpha value is -2.59. The normalized spacial score (nSPS) is 12.0. The van der Waals surface area contributed by atoms with Gasteiger partial charge in [0, 0.05) is 16.9 Å². The van der Waals surface area contributed by atoms with Gasteiger partial charge in [0.05, 0.1) is 5.92 Å². The molecule has 2 rings (SSSR count). The zero-order chi connectivity index (χ0) is 19.5. The summed E-state index contributed by atoms with van der Waals surface area (Å²) in [6, 6.07) is 17.2. The van der Waals surface area contributed by atoms with Crippen molar-refractivity contribution in [3.05, 3.63) is 90.5 Å². The Morgan fingerprint density at radius 3 is 2.41 bits per heavy atom. The van der Waals surface area contributed by atoms with E-state index in [4.69, 9.17) is 0 Å². The summed E-state index contributed by atoms with van der Waals surface area (Å²) in [4.78, 5) is 25.1. The monoisotopic (exact) mass is 380 g/mol. The number of thioether (sulfide) groups is 1. The lowest BCUT2D eigenvalue weighted by molar-refractivity contribution is -0.141. The van der Waals surface area contributed by atoms with Crippen molar-refractivity contribution in [3.63, 3.8) is 0 Å². The molecule has 0 aliphatic carbocycles. The quantitative estimate of drug-likeness (QED) is 0.321. The predicted octanol–water partition coefficient (Wildman–Crippen LogP) is 5.43. The lowest BCUT2D eigenvalue weighted by atomic mass is 9.95. The third kappa shape index (κ3) is 7.27. The molecule has 0 spiro atoms. The molecule has 0 bridgehead atoms. The minimum atomic E-state index is -0.914. The summed E-state index contributed by atoms with van der Waals surface area (Å²) in [6.45, 7) is 3.63. The third-order valence-corrected chi connectivity index (χ3v) is 5.21. The number of ketones is 1. The first-order chi connectivity index (χ1) is 13.1. The number of carboxylic acids is 1. The first-order valence-electron chi connectivity index (χ1n) is 8.90. The second-order valence-electron chi connectivity index (χ2n) is 6.18. The number of hydrogen-bond acceptors (Lipinski definition) is 3. The number of carbonyl (C=O) groups is 2. The van der Waals surface area contributed by atoms with E-state index in [1.54, 1.807) is 30.0 Å². The molecule has 0 aromatic heterocycles.